The fourth-order valence-corrected chi connectivity index (χ4v) is 3.80. The Bertz CT molecular complexity index is 1260. The van der Waals surface area contributed by atoms with Crippen molar-refractivity contribution in [2.24, 2.45) is 0 Å². The van der Waals surface area contributed by atoms with Gasteiger partial charge in [-0.2, -0.15) is 0 Å². The summed E-state index contributed by atoms with van der Waals surface area (Å²) in [4.78, 5) is 23.3. The van der Waals surface area contributed by atoms with Gasteiger partial charge in [0.15, 0.2) is 5.82 Å². The van der Waals surface area contributed by atoms with Crippen LogP contribution in [0.4, 0.5) is 0 Å². The summed E-state index contributed by atoms with van der Waals surface area (Å²) in [7, 11) is 0. The summed E-state index contributed by atoms with van der Waals surface area (Å²) in [6, 6.07) is 16.0. The van der Waals surface area contributed by atoms with E-state index in [-0.39, 0.29) is 6.42 Å². The quantitative estimate of drug-likeness (QED) is 0.282. The number of aromatic amines is 1. The Morgan fingerprint density at radius 3 is 2.74 bits per heavy atom. The fraction of sp³-hybridized carbons (Fsp3) is 0.296. The number of ether oxygens (including phenoxy) is 1. The lowest BCUT2D eigenvalue weighted by molar-refractivity contribution is -0.136. The molecule has 0 fully saturated rings. The van der Waals surface area contributed by atoms with Crippen LogP contribution in [0.5, 0.6) is 5.75 Å². The maximum absolute atomic E-state index is 10.9. The summed E-state index contributed by atoms with van der Waals surface area (Å²) in [5.74, 6) is 0.674. The van der Waals surface area contributed by atoms with Crippen LogP contribution in [0.15, 0.2) is 54.7 Å². The van der Waals surface area contributed by atoms with E-state index in [1.165, 1.54) is 5.56 Å². The largest absolute Gasteiger partial charge is 0.494 e. The summed E-state index contributed by atoms with van der Waals surface area (Å²) in [5.41, 5.74) is 5.99. The maximum atomic E-state index is 10.9. The van der Waals surface area contributed by atoms with Crippen molar-refractivity contribution in [2.45, 2.75) is 39.7 Å². The first-order valence-electron chi connectivity index (χ1n) is 11.6. The molecule has 2 heterocycles. The number of H-pyrrole nitrogens is 1. The first-order chi connectivity index (χ1) is 16.5. The van der Waals surface area contributed by atoms with Gasteiger partial charge >= 0.3 is 5.97 Å². The van der Waals surface area contributed by atoms with E-state index >= 15 is 0 Å². The number of aliphatic carboxylic acids is 1. The molecular weight excluding hydrogens is 428 g/mol. The number of hydrogen-bond acceptors (Lipinski definition) is 5. The van der Waals surface area contributed by atoms with Crippen LogP contribution in [-0.4, -0.2) is 39.2 Å². The first-order valence-corrected chi connectivity index (χ1v) is 11.6. The lowest BCUT2D eigenvalue weighted by atomic mass is 10.1. The summed E-state index contributed by atoms with van der Waals surface area (Å²) in [6.45, 7) is 6.24. The zero-order valence-electron chi connectivity index (χ0n) is 19.6. The molecule has 4 aromatic rings. The number of carboxylic acid groups (broad SMARTS) is 1. The van der Waals surface area contributed by atoms with Crippen LogP contribution in [0.2, 0.25) is 0 Å². The van der Waals surface area contributed by atoms with Crippen LogP contribution in [0.25, 0.3) is 22.3 Å². The van der Waals surface area contributed by atoms with Crippen molar-refractivity contribution >= 4 is 16.9 Å². The summed E-state index contributed by atoms with van der Waals surface area (Å²) in [6.07, 6.45) is 3.73. The van der Waals surface area contributed by atoms with Gasteiger partial charge in [-0.15, -0.1) is 0 Å². The van der Waals surface area contributed by atoms with Crippen molar-refractivity contribution < 1.29 is 14.6 Å². The van der Waals surface area contributed by atoms with E-state index in [0.717, 1.165) is 58.7 Å². The number of fused-ring (bicyclic) bond motifs is 1. The average molecular weight is 459 g/mol. The number of rotatable bonds is 11. The Labute approximate surface area is 199 Å². The van der Waals surface area contributed by atoms with Crippen LogP contribution in [0, 0.1) is 6.92 Å². The molecule has 0 unspecified atom stereocenters. The van der Waals surface area contributed by atoms with Crippen LogP contribution in [0.3, 0.4) is 0 Å². The van der Waals surface area contributed by atoms with Gasteiger partial charge in [0.1, 0.15) is 5.75 Å². The molecule has 0 saturated heterocycles. The average Bonchev–Trinajstić information content (AvgIpc) is 3.23. The predicted octanol–water partition coefficient (Wildman–Crippen LogP) is 4.68. The summed E-state index contributed by atoms with van der Waals surface area (Å²) in [5, 5.41) is 13.3. The molecule has 0 radical (unpaired) electrons. The molecule has 7 nitrogen and oxygen atoms in total. The highest BCUT2D eigenvalue weighted by atomic mass is 16.5. The highest BCUT2D eigenvalue weighted by Crippen LogP contribution is 2.22. The monoisotopic (exact) mass is 458 g/mol. The molecule has 4 rings (SSSR count). The van der Waals surface area contributed by atoms with E-state index in [4.69, 9.17) is 14.8 Å². The van der Waals surface area contributed by atoms with Crippen molar-refractivity contribution in [1.29, 1.82) is 0 Å². The van der Waals surface area contributed by atoms with Gasteiger partial charge in [-0.05, 0) is 61.7 Å². The Kier molecular flexibility index (Phi) is 7.54. The molecule has 176 valence electrons. The topological polar surface area (TPSA) is 100 Å². The van der Waals surface area contributed by atoms with Gasteiger partial charge in [0.2, 0.25) is 0 Å². The number of benzene rings is 2. The highest BCUT2D eigenvalue weighted by Gasteiger charge is 2.08. The number of aromatic nitrogens is 3. The number of carboxylic acids is 1. The molecule has 0 aliphatic heterocycles. The smallest absolute Gasteiger partial charge is 0.309 e. The lowest BCUT2D eigenvalue weighted by Crippen LogP contribution is -2.18. The van der Waals surface area contributed by atoms with E-state index < -0.39 is 5.97 Å². The van der Waals surface area contributed by atoms with Gasteiger partial charge in [-0.25, -0.2) is 9.97 Å². The minimum absolute atomic E-state index is 0.0189. The number of carbonyl (C=O) groups is 1. The van der Waals surface area contributed by atoms with Crippen LogP contribution in [0.1, 0.15) is 35.9 Å². The zero-order chi connectivity index (χ0) is 23.9. The lowest BCUT2D eigenvalue weighted by Gasteiger charge is -2.10. The van der Waals surface area contributed by atoms with E-state index in [1.807, 2.05) is 37.4 Å². The van der Waals surface area contributed by atoms with E-state index in [0.29, 0.717) is 18.8 Å². The van der Waals surface area contributed by atoms with Crippen molar-refractivity contribution in [2.75, 3.05) is 13.2 Å². The van der Waals surface area contributed by atoms with Crippen molar-refractivity contribution in [3.05, 3.63) is 77.2 Å². The van der Waals surface area contributed by atoms with Gasteiger partial charge in [0.05, 0.1) is 18.7 Å². The Balaban J connectivity index is 1.25. The van der Waals surface area contributed by atoms with Crippen LogP contribution in [-0.2, 0) is 24.2 Å². The van der Waals surface area contributed by atoms with Crippen molar-refractivity contribution in [1.82, 2.24) is 20.3 Å². The standard InChI is InChI=1S/C27H30N4O3/c1-3-19-5-7-20(8-6-19)27-29-16-18(2)25(31-27)17-28-11-4-12-34-23-9-10-24-21(14-23)13-22(30-24)15-26(32)33/h5-10,13-14,16,28,30H,3-4,11-12,15,17H2,1-2H3,(H,32,33). The minimum atomic E-state index is -0.852. The molecule has 0 aliphatic rings. The zero-order valence-corrected chi connectivity index (χ0v) is 19.6. The SMILES string of the molecule is CCc1ccc(-c2ncc(C)c(CNCCCOc3ccc4[nH]c(CC(=O)O)cc4c3)n2)cc1. The highest BCUT2D eigenvalue weighted by molar-refractivity contribution is 5.83. The number of nitrogens with one attached hydrogen (secondary N) is 2. The normalized spacial score (nSPS) is 11.1. The fourth-order valence-electron chi connectivity index (χ4n) is 3.80. The Hall–Kier alpha value is -3.71. The van der Waals surface area contributed by atoms with Gasteiger partial charge in [0, 0.05) is 34.9 Å². The second-order valence-corrected chi connectivity index (χ2v) is 8.37. The third-order valence-electron chi connectivity index (χ3n) is 5.75. The predicted molar refractivity (Wildman–Crippen MR) is 133 cm³/mol. The molecule has 0 bridgehead atoms. The summed E-state index contributed by atoms with van der Waals surface area (Å²) >= 11 is 0. The first kappa shape index (κ1) is 23.4. The van der Waals surface area contributed by atoms with E-state index in [2.05, 4.69) is 46.5 Å². The molecule has 3 N–H and O–H groups in total. The van der Waals surface area contributed by atoms with Gasteiger partial charge in [-0.1, -0.05) is 31.2 Å². The van der Waals surface area contributed by atoms with Crippen molar-refractivity contribution in [3.63, 3.8) is 0 Å². The summed E-state index contributed by atoms with van der Waals surface area (Å²) < 4.78 is 5.88. The molecule has 0 amide bonds. The van der Waals surface area contributed by atoms with Gasteiger partial charge in [-0.3, -0.25) is 4.79 Å². The Morgan fingerprint density at radius 2 is 1.97 bits per heavy atom. The van der Waals surface area contributed by atoms with E-state index in [1.54, 1.807) is 0 Å². The molecule has 7 heteroatoms. The minimum Gasteiger partial charge on any atom is -0.494 e. The number of nitrogens with zero attached hydrogens (tertiary/aromatic N) is 2. The Morgan fingerprint density at radius 1 is 1.15 bits per heavy atom. The maximum Gasteiger partial charge on any atom is 0.309 e. The molecule has 0 spiro atoms. The second kappa shape index (κ2) is 10.9. The van der Waals surface area contributed by atoms with E-state index in [9.17, 15) is 4.79 Å². The third kappa shape index (κ3) is 5.99. The molecular formula is C27H30N4O3. The van der Waals surface area contributed by atoms with Crippen molar-refractivity contribution in [3.8, 4) is 17.1 Å². The number of hydrogen-bond donors (Lipinski definition) is 3. The van der Waals surface area contributed by atoms with Crippen LogP contribution < -0.4 is 10.1 Å². The van der Waals surface area contributed by atoms with Gasteiger partial charge < -0.3 is 20.1 Å². The second-order valence-electron chi connectivity index (χ2n) is 8.37. The molecule has 34 heavy (non-hydrogen) atoms. The molecule has 0 atom stereocenters. The molecule has 0 aliphatic carbocycles. The third-order valence-corrected chi connectivity index (χ3v) is 5.75. The van der Waals surface area contributed by atoms with Gasteiger partial charge in [0.25, 0.3) is 0 Å². The molecule has 2 aromatic carbocycles. The van der Waals surface area contributed by atoms with Crippen LogP contribution >= 0.6 is 0 Å². The molecule has 2 aromatic heterocycles. The number of aryl methyl sites for hydroxylation is 2. The molecule has 0 saturated carbocycles.